The normalized spacial score (nSPS) is 28.4. The van der Waals surface area contributed by atoms with E-state index in [0.29, 0.717) is 25.7 Å². The molecule has 1 fully saturated rings. The summed E-state index contributed by atoms with van der Waals surface area (Å²) in [7, 11) is 0. The summed E-state index contributed by atoms with van der Waals surface area (Å²) in [5.74, 6) is 5.22. The first-order valence-electron chi connectivity index (χ1n) is 3.07. The van der Waals surface area contributed by atoms with Gasteiger partial charge < -0.3 is 21.1 Å². The van der Waals surface area contributed by atoms with E-state index in [0.717, 1.165) is 0 Å². The second-order valence-electron chi connectivity index (χ2n) is 1.99. The van der Waals surface area contributed by atoms with E-state index in [1.54, 1.807) is 0 Å². The molecule has 0 amide bonds. The molecule has 0 aromatic heterocycles. The minimum atomic E-state index is -0.251. The molecule has 0 aromatic rings. The van der Waals surface area contributed by atoms with Gasteiger partial charge in [0.05, 0.1) is 19.8 Å². The van der Waals surface area contributed by atoms with Gasteiger partial charge in [0.15, 0.2) is 5.84 Å². The Morgan fingerprint density at radius 3 is 2.80 bits per heavy atom. The molecule has 1 heterocycles. The molecule has 0 saturated carbocycles. The lowest BCUT2D eigenvalue weighted by Gasteiger charge is -2.21. The van der Waals surface area contributed by atoms with Crippen LogP contribution in [0.25, 0.3) is 0 Å². The van der Waals surface area contributed by atoms with E-state index in [1.807, 2.05) is 0 Å². The Balaban J connectivity index is 2.39. The second-order valence-corrected chi connectivity index (χ2v) is 1.99. The summed E-state index contributed by atoms with van der Waals surface area (Å²) in [5, 5.41) is 3.30. The molecule has 0 bridgehead atoms. The molecule has 0 aromatic carbocycles. The van der Waals surface area contributed by atoms with Gasteiger partial charge in [0.1, 0.15) is 6.10 Å². The molecule has 1 aliphatic rings. The highest BCUT2D eigenvalue weighted by Gasteiger charge is 2.17. The van der Waals surface area contributed by atoms with Crippen molar-refractivity contribution in [2.45, 2.75) is 6.10 Å². The number of rotatable bonds is 1. The van der Waals surface area contributed by atoms with Gasteiger partial charge in [0.2, 0.25) is 0 Å². The van der Waals surface area contributed by atoms with Gasteiger partial charge >= 0.3 is 0 Å². The lowest BCUT2D eigenvalue weighted by molar-refractivity contribution is -0.0598. The van der Waals surface area contributed by atoms with Crippen molar-refractivity contribution in [2.75, 3.05) is 19.8 Å². The number of hydrogen-bond acceptors (Lipinski definition) is 4. The van der Waals surface area contributed by atoms with E-state index in [9.17, 15) is 0 Å². The molecule has 1 atom stereocenters. The lowest BCUT2D eigenvalue weighted by atomic mass is 10.3. The molecule has 1 unspecified atom stereocenters. The number of ether oxygens (including phenoxy) is 2. The minimum Gasteiger partial charge on any atom is -0.383 e. The highest BCUT2D eigenvalue weighted by atomic mass is 16.6. The smallest absolute Gasteiger partial charge is 0.151 e. The highest BCUT2D eigenvalue weighted by molar-refractivity contribution is 5.84. The van der Waals surface area contributed by atoms with Crippen molar-refractivity contribution in [1.29, 1.82) is 0 Å². The molecule has 0 spiro atoms. The quantitative estimate of drug-likeness (QED) is 0.206. The molecular weight excluding hydrogens is 134 g/mol. The summed E-state index contributed by atoms with van der Waals surface area (Å²) in [6, 6.07) is 0. The summed E-state index contributed by atoms with van der Waals surface area (Å²) >= 11 is 0. The van der Waals surface area contributed by atoms with Gasteiger partial charge in [-0.3, -0.25) is 0 Å². The van der Waals surface area contributed by atoms with E-state index < -0.39 is 0 Å². The molecule has 1 aliphatic heterocycles. The zero-order valence-corrected chi connectivity index (χ0v) is 5.62. The van der Waals surface area contributed by atoms with E-state index in [4.69, 9.17) is 21.1 Å². The maximum Gasteiger partial charge on any atom is 0.151 e. The van der Waals surface area contributed by atoms with Crippen LogP contribution in [0.3, 0.4) is 0 Å². The van der Waals surface area contributed by atoms with Gasteiger partial charge in [-0.2, -0.15) is 5.10 Å². The maximum atomic E-state index is 5.37. The molecule has 5 heteroatoms. The lowest BCUT2D eigenvalue weighted by Crippen LogP contribution is -2.40. The first-order chi connectivity index (χ1) is 4.84. The third-order valence-electron chi connectivity index (χ3n) is 1.29. The zero-order valence-electron chi connectivity index (χ0n) is 5.62. The minimum absolute atomic E-state index is 0.251. The van der Waals surface area contributed by atoms with Crippen molar-refractivity contribution in [1.82, 2.24) is 0 Å². The third-order valence-corrected chi connectivity index (χ3v) is 1.29. The van der Waals surface area contributed by atoms with Crippen LogP contribution in [0.2, 0.25) is 0 Å². The van der Waals surface area contributed by atoms with E-state index in [-0.39, 0.29) is 6.10 Å². The van der Waals surface area contributed by atoms with Crippen molar-refractivity contribution in [3.8, 4) is 0 Å². The van der Waals surface area contributed by atoms with Crippen molar-refractivity contribution in [3.05, 3.63) is 0 Å². The first-order valence-corrected chi connectivity index (χ1v) is 3.07. The summed E-state index contributed by atoms with van der Waals surface area (Å²) in [4.78, 5) is 0. The number of amidine groups is 1. The fourth-order valence-corrected chi connectivity index (χ4v) is 0.742. The van der Waals surface area contributed by atoms with Crippen LogP contribution in [0.5, 0.6) is 0 Å². The largest absolute Gasteiger partial charge is 0.383 e. The third kappa shape index (κ3) is 1.58. The van der Waals surface area contributed by atoms with Crippen LogP contribution in [0.1, 0.15) is 0 Å². The summed E-state index contributed by atoms with van der Waals surface area (Å²) in [6.07, 6.45) is -0.251. The summed E-state index contributed by atoms with van der Waals surface area (Å²) in [5.41, 5.74) is 5.37. The molecule has 5 nitrogen and oxygen atoms in total. The first kappa shape index (κ1) is 7.30. The average Bonchev–Trinajstić information content (AvgIpc) is 2.05. The van der Waals surface area contributed by atoms with Crippen LogP contribution >= 0.6 is 0 Å². The van der Waals surface area contributed by atoms with Gasteiger partial charge in [-0.25, -0.2) is 0 Å². The monoisotopic (exact) mass is 145 g/mol. The van der Waals surface area contributed by atoms with Crippen molar-refractivity contribution in [2.24, 2.45) is 16.7 Å². The van der Waals surface area contributed by atoms with Crippen molar-refractivity contribution < 1.29 is 9.47 Å². The molecule has 58 valence electrons. The van der Waals surface area contributed by atoms with Crippen LogP contribution in [0, 0.1) is 0 Å². The van der Waals surface area contributed by atoms with Crippen LogP contribution in [-0.2, 0) is 9.47 Å². The number of hydrogen-bond donors (Lipinski definition) is 2. The maximum absolute atomic E-state index is 5.37. The van der Waals surface area contributed by atoms with Crippen LogP contribution in [0.4, 0.5) is 0 Å². The molecule has 4 N–H and O–H groups in total. The predicted octanol–water partition coefficient (Wildman–Crippen LogP) is -1.37. The highest BCUT2D eigenvalue weighted by Crippen LogP contribution is 1.99. The standard InChI is InChI=1S/C5H11N3O2/c6-5(8-7)4-3-9-1-2-10-4/h4H,1-3,7H2,(H2,6,8). The van der Waals surface area contributed by atoms with Gasteiger partial charge in [0.25, 0.3) is 0 Å². The molecule has 1 rings (SSSR count). The Hall–Kier alpha value is -0.810. The van der Waals surface area contributed by atoms with Gasteiger partial charge in [0, 0.05) is 0 Å². The van der Waals surface area contributed by atoms with E-state index >= 15 is 0 Å². The Labute approximate surface area is 59.0 Å². The zero-order chi connectivity index (χ0) is 7.40. The summed E-state index contributed by atoms with van der Waals surface area (Å²) in [6.45, 7) is 1.63. The Morgan fingerprint density at radius 2 is 2.30 bits per heavy atom. The van der Waals surface area contributed by atoms with Crippen molar-refractivity contribution >= 4 is 5.84 Å². The molecule has 1 saturated heterocycles. The topological polar surface area (TPSA) is 82.9 Å². The Bertz CT molecular complexity index is 131. The van der Waals surface area contributed by atoms with Gasteiger partial charge in [-0.15, -0.1) is 0 Å². The Morgan fingerprint density at radius 1 is 1.50 bits per heavy atom. The second kappa shape index (κ2) is 3.38. The SMILES string of the molecule is NN=C(N)C1COCCO1. The van der Waals surface area contributed by atoms with E-state index in [2.05, 4.69) is 5.10 Å². The van der Waals surface area contributed by atoms with Crippen LogP contribution in [0.15, 0.2) is 5.10 Å². The van der Waals surface area contributed by atoms with Crippen LogP contribution in [-0.4, -0.2) is 31.8 Å². The fourth-order valence-electron chi connectivity index (χ4n) is 0.742. The summed E-state index contributed by atoms with van der Waals surface area (Å²) < 4.78 is 10.2. The number of nitrogens with two attached hydrogens (primary N) is 2. The molecular formula is C5H11N3O2. The van der Waals surface area contributed by atoms with Gasteiger partial charge in [-0.1, -0.05) is 0 Å². The van der Waals surface area contributed by atoms with Crippen LogP contribution < -0.4 is 11.6 Å². The number of hydrazone groups is 1. The fraction of sp³-hybridized carbons (Fsp3) is 0.800. The molecule has 10 heavy (non-hydrogen) atoms. The number of nitrogens with zero attached hydrogens (tertiary/aromatic N) is 1. The Kier molecular flexibility index (Phi) is 2.47. The van der Waals surface area contributed by atoms with E-state index in [1.165, 1.54) is 0 Å². The molecule has 0 radical (unpaired) electrons. The predicted molar refractivity (Wildman–Crippen MR) is 36.4 cm³/mol. The van der Waals surface area contributed by atoms with Crippen molar-refractivity contribution in [3.63, 3.8) is 0 Å². The van der Waals surface area contributed by atoms with Gasteiger partial charge in [-0.05, 0) is 0 Å². The molecule has 0 aliphatic carbocycles. The average molecular weight is 145 g/mol.